The summed E-state index contributed by atoms with van der Waals surface area (Å²) in [5.74, 6) is -0.497. The normalized spacial score (nSPS) is 17.0. The standard InChI is InChI=1S/C28H29N3O4/c1-35-27(33)18-20-9-8-14-23(17-20)30-28(34)29-19-26(32)31-24(21-10-4-2-5-11-21)15-16-25(31)22-12-6-3-7-13-22/h2-14,17,24-25H,15-16,18-19H2,1H3,(H2,29,30,34)/t24-,25+. The first-order valence-electron chi connectivity index (χ1n) is 11.7. The molecule has 1 aliphatic heterocycles. The maximum Gasteiger partial charge on any atom is 0.319 e. The molecule has 1 aliphatic rings. The van der Waals surface area contributed by atoms with E-state index in [-0.39, 0.29) is 36.9 Å². The molecule has 180 valence electrons. The third-order valence-electron chi connectivity index (χ3n) is 6.20. The Kier molecular flexibility index (Phi) is 7.77. The molecule has 0 aliphatic carbocycles. The first kappa shape index (κ1) is 24.0. The van der Waals surface area contributed by atoms with Crippen molar-refractivity contribution in [2.45, 2.75) is 31.3 Å². The third-order valence-corrected chi connectivity index (χ3v) is 6.20. The summed E-state index contributed by atoms with van der Waals surface area (Å²) < 4.78 is 4.69. The topological polar surface area (TPSA) is 87.7 Å². The van der Waals surface area contributed by atoms with Gasteiger partial charge in [0, 0.05) is 5.69 Å². The van der Waals surface area contributed by atoms with Crippen molar-refractivity contribution in [2.75, 3.05) is 19.0 Å². The lowest BCUT2D eigenvalue weighted by atomic mass is 10.0. The summed E-state index contributed by atoms with van der Waals surface area (Å²) in [5, 5.41) is 5.42. The molecule has 0 radical (unpaired) electrons. The summed E-state index contributed by atoms with van der Waals surface area (Å²) in [5.41, 5.74) is 3.43. The fraction of sp³-hybridized carbons (Fsp3) is 0.250. The molecule has 7 heteroatoms. The molecule has 0 saturated carbocycles. The van der Waals surface area contributed by atoms with Gasteiger partial charge in [0.15, 0.2) is 0 Å². The van der Waals surface area contributed by atoms with Crippen LogP contribution in [0, 0.1) is 0 Å². The summed E-state index contributed by atoms with van der Waals surface area (Å²) >= 11 is 0. The maximum absolute atomic E-state index is 13.4. The highest BCUT2D eigenvalue weighted by Gasteiger charge is 2.38. The zero-order chi connectivity index (χ0) is 24.6. The van der Waals surface area contributed by atoms with Gasteiger partial charge in [-0.1, -0.05) is 72.8 Å². The van der Waals surface area contributed by atoms with Gasteiger partial charge in [-0.2, -0.15) is 0 Å². The van der Waals surface area contributed by atoms with Gasteiger partial charge in [-0.25, -0.2) is 4.79 Å². The summed E-state index contributed by atoms with van der Waals surface area (Å²) in [7, 11) is 1.33. The maximum atomic E-state index is 13.4. The second-order valence-electron chi connectivity index (χ2n) is 8.49. The number of nitrogens with one attached hydrogen (secondary N) is 2. The molecular formula is C28H29N3O4. The van der Waals surface area contributed by atoms with Gasteiger partial charge in [0.2, 0.25) is 5.91 Å². The second-order valence-corrected chi connectivity index (χ2v) is 8.49. The van der Waals surface area contributed by atoms with Crippen molar-refractivity contribution in [3.63, 3.8) is 0 Å². The minimum Gasteiger partial charge on any atom is -0.469 e. The van der Waals surface area contributed by atoms with E-state index in [2.05, 4.69) is 15.4 Å². The van der Waals surface area contributed by atoms with Crippen LogP contribution in [0.1, 0.15) is 41.6 Å². The Bertz CT molecular complexity index is 1120. The van der Waals surface area contributed by atoms with Crippen LogP contribution in [0.5, 0.6) is 0 Å². The van der Waals surface area contributed by atoms with Crippen LogP contribution in [-0.4, -0.2) is 36.5 Å². The minimum absolute atomic E-state index is 0.0474. The number of rotatable bonds is 7. The molecule has 2 atom stereocenters. The number of urea groups is 1. The average molecular weight is 472 g/mol. The number of nitrogens with zero attached hydrogens (tertiary/aromatic N) is 1. The number of methoxy groups -OCH3 is 1. The zero-order valence-electron chi connectivity index (χ0n) is 19.6. The molecule has 1 saturated heterocycles. The average Bonchev–Trinajstić information content (AvgIpc) is 3.34. The van der Waals surface area contributed by atoms with Crippen LogP contribution in [0.2, 0.25) is 0 Å². The Labute approximate surface area is 205 Å². The van der Waals surface area contributed by atoms with Crippen molar-refractivity contribution in [1.82, 2.24) is 10.2 Å². The van der Waals surface area contributed by atoms with E-state index >= 15 is 0 Å². The Hall–Kier alpha value is -4.13. The molecule has 0 bridgehead atoms. The van der Waals surface area contributed by atoms with Gasteiger partial charge < -0.3 is 20.3 Å². The molecule has 3 aromatic carbocycles. The predicted octanol–water partition coefficient (Wildman–Crippen LogP) is 4.63. The van der Waals surface area contributed by atoms with Crippen LogP contribution in [0.4, 0.5) is 10.5 Å². The predicted molar refractivity (Wildman–Crippen MR) is 134 cm³/mol. The fourth-order valence-corrected chi connectivity index (χ4v) is 4.58. The van der Waals surface area contributed by atoms with E-state index in [1.165, 1.54) is 7.11 Å². The number of carbonyl (C=O) groups is 3. The van der Waals surface area contributed by atoms with Gasteiger partial charge in [-0.15, -0.1) is 0 Å². The summed E-state index contributed by atoms with van der Waals surface area (Å²) in [6.45, 7) is -0.125. The van der Waals surface area contributed by atoms with Gasteiger partial charge in [-0.3, -0.25) is 9.59 Å². The highest BCUT2D eigenvalue weighted by Crippen LogP contribution is 2.43. The molecule has 7 nitrogen and oxygen atoms in total. The lowest BCUT2D eigenvalue weighted by molar-refractivity contribution is -0.139. The molecule has 3 aromatic rings. The monoisotopic (exact) mass is 471 g/mol. The van der Waals surface area contributed by atoms with E-state index in [4.69, 9.17) is 0 Å². The minimum atomic E-state index is -0.486. The Balaban J connectivity index is 1.43. The molecule has 0 unspecified atom stereocenters. The number of amides is 3. The van der Waals surface area contributed by atoms with Gasteiger partial charge >= 0.3 is 12.0 Å². The second kappa shape index (κ2) is 11.3. The van der Waals surface area contributed by atoms with E-state index in [9.17, 15) is 14.4 Å². The number of hydrogen-bond donors (Lipinski definition) is 2. The number of likely N-dealkylation sites (tertiary alicyclic amines) is 1. The SMILES string of the molecule is COC(=O)Cc1cccc(NC(=O)NCC(=O)N2[C@@H](c3ccccc3)CC[C@H]2c2ccccc2)c1. The van der Waals surface area contributed by atoms with Crippen molar-refractivity contribution in [3.05, 3.63) is 102 Å². The Morgan fingerprint density at radius 1 is 0.857 bits per heavy atom. The van der Waals surface area contributed by atoms with Crippen molar-refractivity contribution >= 4 is 23.6 Å². The molecule has 0 spiro atoms. The first-order valence-corrected chi connectivity index (χ1v) is 11.7. The van der Waals surface area contributed by atoms with E-state index in [0.29, 0.717) is 5.69 Å². The highest BCUT2D eigenvalue weighted by atomic mass is 16.5. The van der Waals surface area contributed by atoms with Crippen LogP contribution in [0.15, 0.2) is 84.9 Å². The van der Waals surface area contributed by atoms with E-state index in [0.717, 1.165) is 29.5 Å². The van der Waals surface area contributed by atoms with Crippen molar-refractivity contribution < 1.29 is 19.1 Å². The van der Waals surface area contributed by atoms with E-state index < -0.39 is 6.03 Å². The van der Waals surface area contributed by atoms with Gasteiger partial charge in [0.05, 0.1) is 32.2 Å². The van der Waals surface area contributed by atoms with Crippen LogP contribution in [0.3, 0.4) is 0 Å². The lowest BCUT2D eigenvalue weighted by Gasteiger charge is -2.31. The smallest absolute Gasteiger partial charge is 0.319 e. The number of ether oxygens (including phenoxy) is 1. The van der Waals surface area contributed by atoms with Crippen LogP contribution < -0.4 is 10.6 Å². The molecule has 1 fully saturated rings. The fourth-order valence-electron chi connectivity index (χ4n) is 4.58. The van der Waals surface area contributed by atoms with Crippen molar-refractivity contribution in [2.24, 2.45) is 0 Å². The van der Waals surface area contributed by atoms with Crippen LogP contribution in [0.25, 0.3) is 0 Å². The quantitative estimate of drug-likeness (QED) is 0.492. The van der Waals surface area contributed by atoms with Crippen molar-refractivity contribution in [1.29, 1.82) is 0 Å². The highest BCUT2D eigenvalue weighted by molar-refractivity contribution is 5.92. The van der Waals surface area contributed by atoms with Crippen molar-refractivity contribution in [3.8, 4) is 0 Å². The molecule has 35 heavy (non-hydrogen) atoms. The summed E-state index contributed by atoms with van der Waals surface area (Å²) in [6, 6.07) is 26.4. The van der Waals surface area contributed by atoms with Crippen LogP contribution in [-0.2, 0) is 20.7 Å². The summed E-state index contributed by atoms with van der Waals surface area (Å²) in [4.78, 5) is 39.4. The van der Waals surface area contributed by atoms with Gasteiger partial charge in [0.1, 0.15) is 0 Å². The van der Waals surface area contributed by atoms with Gasteiger partial charge in [0.25, 0.3) is 0 Å². The molecule has 1 heterocycles. The number of benzene rings is 3. The van der Waals surface area contributed by atoms with E-state index in [1.54, 1.807) is 24.3 Å². The lowest BCUT2D eigenvalue weighted by Crippen LogP contribution is -2.42. The molecule has 4 rings (SSSR count). The zero-order valence-corrected chi connectivity index (χ0v) is 19.6. The molecule has 0 aromatic heterocycles. The number of carbonyl (C=O) groups excluding carboxylic acids is 3. The third kappa shape index (κ3) is 6.06. The number of hydrogen-bond acceptors (Lipinski definition) is 4. The Morgan fingerprint density at radius 2 is 1.46 bits per heavy atom. The molecule has 2 N–H and O–H groups in total. The summed E-state index contributed by atoms with van der Waals surface area (Å²) in [6.07, 6.45) is 1.83. The molecular weight excluding hydrogens is 442 g/mol. The van der Waals surface area contributed by atoms with Gasteiger partial charge in [-0.05, 0) is 41.7 Å². The largest absolute Gasteiger partial charge is 0.469 e. The molecule has 3 amide bonds. The number of esters is 1. The Morgan fingerprint density at radius 3 is 2.03 bits per heavy atom. The van der Waals surface area contributed by atoms with Crippen LogP contribution >= 0.6 is 0 Å². The first-order chi connectivity index (χ1) is 17.0. The van der Waals surface area contributed by atoms with E-state index in [1.807, 2.05) is 65.6 Å². The number of anilines is 1.